The number of pyridine rings is 1. The number of hydrogen-bond donors (Lipinski definition) is 2. The Morgan fingerprint density at radius 2 is 2.10 bits per heavy atom. The van der Waals surface area contributed by atoms with E-state index in [9.17, 15) is 9.59 Å². The molecule has 1 aromatic rings. The summed E-state index contributed by atoms with van der Waals surface area (Å²) in [5, 5.41) is 11.4. The van der Waals surface area contributed by atoms with Crippen molar-refractivity contribution >= 4 is 17.7 Å². The first kappa shape index (κ1) is 16.9. The Balaban J connectivity index is 2.77. The second-order valence-electron chi connectivity index (χ2n) is 5.51. The number of anilines is 1. The first-order valence-electron chi connectivity index (χ1n) is 6.55. The minimum atomic E-state index is -0.601. The van der Waals surface area contributed by atoms with Crippen molar-refractivity contribution in [1.82, 2.24) is 9.88 Å². The number of carbonyl (C=O) groups excluding carboxylic acids is 2. The Hall–Kier alpha value is -2.15. The molecule has 2 N–H and O–H groups in total. The predicted molar refractivity (Wildman–Crippen MR) is 78.1 cm³/mol. The van der Waals surface area contributed by atoms with E-state index in [0.29, 0.717) is 5.69 Å². The van der Waals surface area contributed by atoms with E-state index in [-0.39, 0.29) is 24.8 Å². The summed E-state index contributed by atoms with van der Waals surface area (Å²) in [4.78, 5) is 29.0. The van der Waals surface area contributed by atoms with Crippen LogP contribution in [0.4, 0.5) is 10.5 Å². The molecular formula is C14H21N3O4. The zero-order chi connectivity index (χ0) is 16.0. The van der Waals surface area contributed by atoms with Crippen molar-refractivity contribution in [2.24, 2.45) is 0 Å². The Labute approximate surface area is 123 Å². The van der Waals surface area contributed by atoms with Crippen molar-refractivity contribution in [2.45, 2.75) is 26.4 Å². The lowest BCUT2D eigenvalue weighted by Gasteiger charge is -2.20. The zero-order valence-electron chi connectivity index (χ0n) is 12.7. The van der Waals surface area contributed by atoms with Gasteiger partial charge in [-0.1, -0.05) is 0 Å². The molecule has 0 saturated heterocycles. The van der Waals surface area contributed by atoms with Crippen molar-refractivity contribution in [3.63, 3.8) is 0 Å². The van der Waals surface area contributed by atoms with Crippen LogP contribution in [0.15, 0.2) is 18.3 Å². The minimum absolute atomic E-state index is 0.127. The first-order valence-corrected chi connectivity index (χ1v) is 6.55. The number of rotatable bonds is 4. The fourth-order valence-electron chi connectivity index (χ4n) is 1.49. The molecular weight excluding hydrogens is 274 g/mol. The fraction of sp³-hybridized carbons (Fsp3) is 0.500. The number of ether oxygens (including phenoxy) is 1. The summed E-state index contributed by atoms with van der Waals surface area (Å²) in [5.41, 5.74) is -0.00333. The number of nitrogens with zero attached hydrogens (tertiary/aromatic N) is 2. The molecule has 2 amide bonds. The van der Waals surface area contributed by atoms with E-state index in [2.05, 4.69) is 10.3 Å². The molecule has 21 heavy (non-hydrogen) atoms. The van der Waals surface area contributed by atoms with Gasteiger partial charge in [-0.05, 0) is 32.9 Å². The lowest BCUT2D eigenvalue weighted by Crippen LogP contribution is -2.30. The van der Waals surface area contributed by atoms with Crippen LogP contribution in [0.2, 0.25) is 0 Å². The van der Waals surface area contributed by atoms with Gasteiger partial charge in [-0.15, -0.1) is 0 Å². The summed E-state index contributed by atoms with van der Waals surface area (Å²) in [7, 11) is 1.56. The molecule has 0 radical (unpaired) electrons. The van der Waals surface area contributed by atoms with Crippen molar-refractivity contribution in [2.75, 3.05) is 25.5 Å². The van der Waals surface area contributed by atoms with Gasteiger partial charge in [-0.25, -0.2) is 4.79 Å². The Kier molecular flexibility index (Phi) is 5.66. The maximum absolute atomic E-state index is 12.0. The monoisotopic (exact) mass is 295 g/mol. The number of aliphatic hydroxyl groups excluding tert-OH is 1. The normalized spacial score (nSPS) is 10.9. The molecule has 1 aromatic heterocycles. The molecule has 7 nitrogen and oxygen atoms in total. The van der Waals surface area contributed by atoms with Crippen LogP contribution in [0.5, 0.6) is 0 Å². The molecule has 0 unspecified atom stereocenters. The second kappa shape index (κ2) is 7.03. The van der Waals surface area contributed by atoms with E-state index in [4.69, 9.17) is 9.84 Å². The predicted octanol–water partition coefficient (Wildman–Crippen LogP) is 1.49. The van der Waals surface area contributed by atoms with Crippen LogP contribution in [-0.2, 0) is 4.74 Å². The van der Waals surface area contributed by atoms with Gasteiger partial charge in [-0.3, -0.25) is 15.1 Å². The fourth-order valence-corrected chi connectivity index (χ4v) is 1.49. The van der Waals surface area contributed by atoms with E-state index in [0.717, 1.165) is 0 Å². The molecule has 116 valence electrons. The van der Waals surface area contributed by atoms with Gasteiger partial charge in [0.15, 0.2) is 0 Å². The molecule has 1 heterocycles. The van der Waals surface area contributed by atoms with E-state index < -0.39 is 11.7 Å². The number of aliphatic hydroxyl groups is 1. The van der Waals surface area contributed by atoms with Crippen LogP contribution in [-0.4, -0.2) is 52.8 Å². The Bertz CT molecular complexity index is 511. The SMILES string of the molecule is CN(CCO)C(=O)c1cc(NC(=O)OC(C)(C)C)ccn1. The third-order valence-corrected chi connectivity index (χ3v) is 2.41. The summed E-state index contributed by atoms with van der Waals surface area (Å²) >= 11 is 0. The van der Waals surface area contributed by atoms with Crippen LogP contribution < -0.4 is 5.32 Å². The van der Waals surface area contributed by atoms with Gasteiger partial charge in [0.1, 0.15) is 11.3 Å². The van der Waals surface area contributed by atoms with Crippen molar-refractivity contribution in [1.29, 1.82) is 0 Å². The van der Waals surface area contributed by atoms with Gasteiger partial charge in [0.05, 0.1) is 6.61 Å². The van der Waals surface area contributed by atoms with Gasteiger partial charge in [0.25, 0.3) is 5.91 Å². The highest BCUT2D eigenvalue weighted by Gasteiger charge is 2.17. The number of likely N-dealkylation sites (N-methyl/N-ethyl adjacent to an activating group) is 1. The highest BCUT2D eigenvalue weighted by molar-refractivity contribution is 5.94. The van der Waals surface area contributed by atoms with E-state index in [1.165, 1.54) is 17.2 Å². The number of aromatic nitrogens is 1. The van der Waals surface area contributed by atoms with Crippen LogP contribution >= 0.6 is 0 Å². The maximum Gasteiger partial charge on any atom is 0.412 e. The van der Waals surface area contributed by atoms with Crippen LogP contribution in [0.3, 0.4) is 0 Å². The summed E-state index contributed by atoms with van der Waals surface area (Å²) < 4.78 is 5.13. The van der Waals surface area contributed by atoms with Gasteiger partial charge in [0.2, 0.25) is 0 Å². The largest absolute Gasteiger partial charge is 0.444 e. The molecule has 1 rings (SSSR count). The third-order valence-electron chi connectivity index (χ3n) is 2.41. The Morgan fingerprint density at radius 1 is 1.43 bits per heavy atom. The first-order chi connectivity index (χ1) is 9.73. The quantitative estimate of drug-likeness (QED) is 0.878. The average Bonchev–Trinajstić information content (AvgIpc) is 2.36. The topological polar surface area (TPSA) is 91.8 Å². The minimum Gasteiger partial charge on any atom is -0.444 e. The van der Waals surface area contributed by atoms with Crippen LogP contribution in [0, 0.1) is 0 Å². The number of carbonyl (C=O) groups is 2. The van der Waals surface area contributed by atoms with Crippen molar-refractivity contribution in [3.8, 4) is 0 Å². The molecule has 0 spiro atoms. The summed E-state index contributed by atoms with van der Waals surface area (Å²) in [5.74, 6) is -0.336. The lowest BCUT2D eigenvalue weighted by molar-refractivity contribution is 0.0635. The molecule has 0 aromatic carbocycles. The van der Waals surface area contributed by atoms with E-state index in [1.54, 1.807) is 33.9 Å². The Morgan fingerprint density at radius 3 is 2.67 bits per heavy atom. The number of hydrogen-bond acceptors (Lipinski definition) is 5. The summed E-state index contributed by atoms with van der Waals surface area (Å²) in [6, 6.07) is 3.02. The van der Waals surface area contributed by atoms with Crippen LogP contribution in [0.25, 0.3) is 0 Å². The standard InChI is InChI=1S/C14H21N3O4/c1-14(2,3)21-13(20)16-10-5-6-15-11(9-10)12(19)17(4)7-8-18/h5-6,9,18H,7-8H2,1-4H3,(H,15,16,20). The molecule has 0 saturated carbocycles. The third kappa shape index (κ3) is 5.78. The smallest absolute Gasteiger partial charge is 0.412 e. The molecule has 0 aliphatic rings. The van der Waals surface area contributed by atoms with E-state index >= 15 is 0 Å². The highest BCUT2D eigenvalue weighted by atomic mass is 16.6. The van der Waals surface area contributed by atoms with Crippen LogP contribution in [0.1, 0.15) is 31.3 Å². The summed E-state index contributed by atoms with van der Waals surface area (Å²) in [6.45, 7) is 5.37. The molecule has 0 aliphatic heterocycles. The number of nitrogens with one attached hydrogen (secondary N) is 1. The lowest BCUT2D eigenvalue weighted by atomic mass is 10.2. The van der Waals surface area contributed by atoms with E-state index in [1.807, 2.05) is 0 Å². The number of amides is 2. The van der Waals surface area contributed by atoms with Gasteiger partial charge >= 0.3 is 6.09 Å². The molecule has 7 heteroatoms. The van der Waals surface area contributed by atoms with Crippen molar-refractivity contribution in [3.05, 3.63) is 24.0 Å². The summed E-state index contributed by atoms with van der Waals surface area (Å²) in [6.07, 6.45) is 0.822. The van der Waals surface area contributed by atoms with Crippen molar-refractivity contribution < 1.29 is 19.4 Å². The second-order valence-corrected chi connectivity index (χ2v) is 5.51. The average molecular weight is 295 g/mol. The van der Waals surface area contributed by atoms with Gasteiger partial charge < -0.3 is 14.7 Å². The maximum atomic E-state index is 12.0. The molecule has 0 aliphatic carbocycles. The van der Waals surface area contributed by atoms with Gasteiger partial charge in [-0.2, -0.15) is 0 Å². The molecule has 0 fully saturated rings. The molecule has 0 bridgehead atoms. The van der Waals surface area contributed by atoms with Gasteiger partial charge in [0, 0.05) is 25.5 Å². The highest BCUT2D eigenvalue weighted by Crippen LogP contribution is 2.13. The molecule has 0 atom stereocenters. The zero-order valence-corrected chi connectivity index (χ0v) is 12.7.